The highest BCUT2D eigenvalue weighted by Gasteiger charge is 2.24. The van der Waals surface area contributed by atoms with Crippen molar-refractivity contribution in [3.63, 3.8) is 0 Å². The van der Waals surface area contributed by atoms with Crippen molar-refractivity contribution in [2.24, 2.45) is 5.92 Å². The molecule has 2 unspecified atom stereocenters. The van der Waals surface area contributed by atoms with Gasteiger partial charge in [0.05, 0.1) is 16.7 Å². The number of nitrogens with zero attached hydrogens (tertiary/aromatic N) is 3. The van der Waals surface area contributed by atoms with Crippen molar-refractivity contribution >= 4 is 33.3 Å². The predicted molar refractivity (Wildman–Crippen MR) is 91.7 cm³/mol. The molecule has 0 aliphatic heterocycles. The molecule has 0 radical (unpaired) electrons. The molecule has 2 heterocycles. The van der Waals surface area contributed by atoms with Crippen LogP contribution in [0, 0.1) is 17.2 Å². The van der Waals surface area contributed by atoms with Gasteiger partial charge in [-0.25, -0.2) is 4.98 Å². The van der Waals surface area contributed by atoms with Crippen LogP contribution in [0.2, 0.25) is 0 Å². The second-order valence-corrected chi connectivity index (χ2v) is 8.26. The molecule has 0 saturated heterocycles. The highest BCUT2D eigenvalue weighted by molar-refractivity contribution is 8.00. The van der Waals surface area contributed by atoms with Crippen molar-refractivity contribution in [3.05, 3.63) is 20.8 Å². The standard InChI is InChI=1S/C16H19N3OS2/c1-4-19-15(20)13-11-6-5-9(2)7-12(11)22-14(13)18-16(19)21-10(3)8-17/h9-10H,4-7H2,1-3H3. The van der Waals surface area contributed by atoms with Crippen LogP contribution in [0.25, 0.3) is 10.2 Å². The van der Waals surface area contributed by atoms with E-state index in [4.69, 9.17) is 10.2 Å². The Kier molecular flexibility index (Phi) is 4.28. The van der Waals surface area contributed by atoms with Gasteiger partial charge in [-0.3, -0.25) is 9.36 Å². The lowest BCUT2D eigenvalue weighted by Gasteiger charge is -2.17. The lowest BCUT2D eigenvalue weighted by Crippen LogP contribution is -2.23. The lowest BCUT2D eigenvalue weighted by atomic mass is 9.89. The molecule has 0 amide bonds. The minimum atomic E-state index is -0.211. The fourth-order valence-corrected chi connectivity index (χ4v) is 5.24. The first-order valence-electron chi connectivity index (χ1n) is 7.66. The molecule has 0 bridgehead atoms. The number of thioether (sulfide) groups is 1. The molecule has 2 atom stereocenters. The summed E-state index contributed by atoms with van der Waals surface area (Å²) in [6.07, 6.45) is 3.18. The monoisotopic (exact) mass is 333 g/mol. The molecule has 0 fully saturated rings. The first kappa shape index (κ1) is 15.6. The van der Waals surface area contributed by atoms with Gasteiger partial charge in [0.25, 0.3) is 5.56 Å². The highest BCUT2D eigenvalue weighted by Crippen LogP contribution is 2.36. The molecule has 2 aromatic heterocycles. The van der Waals surface area contributed by atoms with E-state index in [9.17, 15) is 4.79 Å². The molecule has 1 aliphatic carbocycles. The summed E-state index contributed by atoms with van der Waals surface area (Å²) >= 11 is 3.03. The smallest absolute Gasteiger partial charge is 0.263 e. The third-order valence-corrected chi connectivity index (χ3v) is 6.29. The third kappa shape index (κ3) is 2.57. The fraction of sp³-hybridized carbons (Fsp3) is 0.562. The summed E-state index contributed by atoms with van der Waals surface area (Å²) in [5.74, 6) is 0.682. The fourth-order valence-electron chi connectivity index (χ4n) is 2.96. The van der Waals surface area contributed by atoms with E-state index in [0.717, 1.165) is 29.5 Å². The summed E-state index contributed by atoms with van der Waals surface area (Å²) < 4.78 is 1.71. The summed E-state index contributed by atoms with van der Waals surface area (Å²) in [5.41, 5.74) is 1.29. The SMILES string of the molecule is CCn1c(SC(C)C#N)nc2sc3c(c2c1=O)CCC(C)C3. The Balaban J connectivity index is 2.20. The summed E-state index contributed by atoms with van der Waals surface area (Å²) in [5, 5.41) is 10.3. The van der Waals surface area contributed by atoms with Crippen LogP contribution >= 0.6 is 23.1 Å². The summed E-state index contributed by atoms with van der Waals surface area (Å²) in [7, 11) is 0. The van der Waals surface area contributed by atoms with Crippen LogP contribution in [-0.2, 0) is 19.4 Å². The number of hydrogen-bond donors (Lipinski definition) is 0. The minimum absolute atomic E-state index is 0.0622. The highest BCUT2D eigenvalue weighted by atomic mass is 32.2. The van der Waals surface area contributed by atoms with E-state index in [1.807, 2.05) is 13.8 Å². The minimum Gasteiger partial charge on any atom is -0.287 e. The van der Waals surface area contributed by atoms with Gasteiger partial charge in [-0.15, -0.1) is 11.3 Å². The van der Waals surface area contributed by atoms with Gasteiger partial charge in [0.1, 0.15) is 4.83 Å². The van der Waals surface area contributed by atoms with Crippen LogP contribution in [-0.4, -0.2) is 14.8 Å². The van der Waals surface area contributed by atoms with Gasteiger partial charge < -0.3 is 0 Å². The molecule has 0 spiro atoms. The predicted octanol–water partition coefficient (Wildman–Crippen LogP) is 3.61. The Hall–Kier alpha value is -1.32. The number of fused-ring (bicyclic) bond motifs is 3. The molecular formula is C16H19N3OS2. The first-order valence-corrected chi connectivity index (χ1v) is 9.36. The van der Waals surface area contributed by atoms with Crippen LogP contribution in [0.5, 0.6) is 0 Å². The number of rotatable bonds is 3. The maximum atomic E-state index is 12.9. The number of nitriles is 1. The molecule has 3 rings (SSSR count). The average Bonchev–Trinajstić information content (AvgIpc) is 2.84. The van der Waals surface area contributed by atoms with Crippen molar-refractivity contribution in [2.45, 2.75) is 57.0 Å². The molecule has 6 heteroatoms. The number of aryl methyl sites for hydroxylation is 1. The van der Waals surface area contributed by atoms with Crippen molar-refractivity contribution < 1.29 is 0 Å². The van der Waals surface area contributed by atoms with Gasteiger partial charge in [-0.2, -0.15) is 5.26 Å². The zero-order valence-corrected chi connectivity index (χ0v) is 14.7. The van der Waals surface area contributed by atoms with Crippen LogP contribution in [0.4, 0.5) is 0 Å². The van der Waals surface area contributed by atoms with E-state index in [1.165, 1.54) is 22.2 Å². The van der Waals surface area contributed by atoms with Crippen molar-refractivity contribution in [1.82, 2.24) is 9.55 Å². The Labute approximate surface area is 138 Å². The van der Waals surface area contributed by atoms with Gasteiger partial charge in [-0.1, -0.05) is 18.7 Å². The van der Waals surface area contributed by atoms with Gasteiger partial charge in [-0.05, 0) is 44.6 Å². The molecule has 2 aromatic rings. The molecular weight excluding hydrogens is 314 g/mol. The number of thiophene rings is 1. The summed E-state index contributed by atoms with van der Waals surface area (Å²) in [6.45, 7) is 6.64. The second-order valence-electron chi connectivity index (χ2n) is 5.86. The maximum absolute atomic E-state index is 12.9. The zero-order valence-electron chi connectivity index (χ0n) is 13.0. The molecule has 0 N–H and O–H groups in total. The number of aromatic nitrogens is 2. The van der Waals surface area contributed by atoms with Gasteiger partial charge >= 0.3 is 0 Å². The van der Waals surface area contributed by atoms with Gasteiger partial charge in [0.2, 0.25) is 0 Å². The van der Waals surface area contributed by atoms with E-state index in [-0.39, 0.29) is 10.8 Å². The average molecular weight is 333 g/mol. The largest absolute Gasteiger partial charge is 0.287 e. The molecule has 1 aliphatic rings. The third-order valence-electron chi connectivity index (χ3n) is 4.16. The quantitative estimate of drug-likeness (QED) is 0.636. The lowest BCUT2D eigenvalue weighted by molar-refractivity contribution is 0.509. The molecule has 0 saturated carbocycles. The van der Waals surface area contributed by atoms with Crippen LogP contribution in [0.15, 0.2) is 9.95 Å². The topological polar surface area (TPSA) is 58.7 Å². The van der Waals surface area contributed by atoms with Crippen molar-refractivity contribution in [2.75, 3.05) is 0 Å². The summed E-state index contributed by atoms with van der Waals surface area (Å²) in [6, 6.07) is 2.20. The maximum Gasteiger partial charge on any atom is 0.263 e. The van der Waals surface area contributed by atoms with E-state index in [1.54, 1.807) is 15.9 Å². The Bertz CT molecular complexity index is 815. The van der Waals surface area contributed by atoms with E-state index < -0.39 is 0 Å². The first-order chi connectivity index (χ1) is 10.5. The van der Waals surface area contributed by atoms with Gasteiger partial charge in [0, 0.05) is 11.4 Å². The van der Waals surface area contributed by atoms with Crippen molar-refractivity contribution in [3.8, 4) is 6.07 Å². The van der Waals surface area contributed by atoms with Crippen LogP contribution in [0.1, 0.15) is 37.6 Å². The van der Waals surface area contributed by atoms with E-state index >= 15 is 0 Å². The molecule has 22 heavy (non-hydrogen) atoms. The Morgan fingerprint density at radius 1 is 1.59 bits per heavy atom. The van der Waals surface area contributed by atoms with Crippen LogP contribution in [0.3, 0.4) is 0 Å². The molecule has 116 valence electrons. The van der Waals surface area contributed by atoms with Crippen molar-refractivity contribution in [1.29, 1.82) is 5.26 Å². The van der Waals surface area contributed by atoms with Gasteiger partial charge in [0.15, 0.2) is 5.16 Å². The number of hydrogen-bond acceptors (Lipinski definition) is 5. The summed E-state index contributed by atoms with van der Waals surface area (Å²) in [4.78, 5) is 19.8. The molecule has 0 aromatic carbocycles. The molecule has 4 nitrogen and oxygen atoms in total. The normalized spacial score (nSPS) is 18.9. The second kappa shape index (κ2) is 6.05. The Morgan fingerprint density at radius 2 is 2.36 bits per heavy atom. The zero-order chi connectivity index (χ0) is 15.9. The van der Waals surface area contributed by atoms with E-state index in [0.29, 0.717) is 17.6 Å². The van der Waals surface area contributed by atoms with E-state index in [2.05, 4.69) is 13.0 Å². The Morgan fingerprint density at radius 3 is 3.05 bits per heavy atom. The van der Waals surface area contributed by atoms with Crippen LogP contribution < -0.4 is 5.56 Å².